The van der Waals surface area contributed by atoms with Gasteiger partial charge in [0.1, 0.15) is 0 Å². The molecule has 0 amide bonds. The zero-order chi connectivity index (χ0) is 51.1. The third kappa shape index (κ3) is 7.39. The summed E-state index contributed by atoms with van der Waals surface area (Å²) in [5, 5.41) is 7.72. The maximum absolute atomic E-state index is 2.41. The molecular formula is C74H56N2. The quantitative estimate of drug-likeness (QED) is 0.0995. The SMILES string of the molecule is CC1(C)c2cc(/C=C/c3ccc4ccc5c(/C=C/c6ccc7c(c6)C(C)(C)c6cc(N(c8ccccc8)c8ccccc8)ccc6-7)ccc6ccc3c4c65)ccc2-c2ccc(N(c3ccccc3)c3ccccc3)cc21. The molecule has 0 fully saturated rings. The Morgan fingerprint density at radius 1 is 0.276 bits per heavy atom. The van der Waals surface area contributed by atoms with Gasteiger partial charge >= 0.3 is 0 Å². The van der Waals surface area contributed by atoms with Crippen molar-refractivity contribution in [3.63, 3.8) is 0 Å². The molecule has 362 valence electrons. The first-order valence-electron chi connectivity index (χ1n) is 26.7. The van der Waals surface area contributed by atoms with Gasteiger partial charge in [-0.15, -0.1) is 0 Å². The van der Waals surface area contributed by atoms with Gasteiger partial charge in [-0.3, -0.25) is 0 Å². The predicted molar refractivity (Wildman–Crippen MR) is 325 cm³/mol. The number of hydrogen-bond donors (Lipinski definition) is 0. The standard InChI is InChI=1S/C74H56N2/c1-73(2)67-45-49(27-39-63(67)65-43-37-59(47-69(65)73)75(55-17-9-5-10-18-55)56-19-11-6-12-20-56)25-29-51-31-33-53-36-42-62-52(32-34-54-35-41-61(51)71(53)72(54)62)30-26-50-28-40-64-66-44-38-60(48-70(66)74(3,4)68(64)46-50)76(57-21-13-7-14-22-57)58-23-15-8-16-24-58/h5-48H,1-4H3/b29-25+,30-26+. The molecule has 0 radical (unpaired) electrons. The van der Waals surface area contributed by atoms with E-state index in [1.165, 1.54) is 99.1 Å². The second kappa shape index (κ2) is 17.7. The smallest absolute Gasteiger partial charge is 0.0465 e. The van der Waals surface area contributed by atoms with E-state index >= 15 is 0 Å². The number of hydrogen-bond acceptors (Lipinski definition) is 2. The predicted octanol–water partition coefficient (Wildman–Crippen LogP) is 20.5. The minimum Gasteiger partial charge on any atom is -0.310 e. The minimum absolute atomic E-state index is 0.176. The molecule has 0 saturated heterocycles. The highest BCUT2D eigenvalue weighted by molar-refractivity contribution is 6.25. The largest absolute Gasteiger partial charge is 0.310 e. The fourth-order valence-electron chi connectivity index (χ4n) is 12.7. The molecule has 0 bridgehead atoms. The summed E-state index contributed by atoms with van der Waals surface area (Å²) in [4.78, 5) is 4.72. The van der Waals surface area contributed by atoms with Gasteiger partial charge in [-0.25, -0.2) is 0 Å². The average Bonchev–Trinajstić information content (AvgIpc) is 3.97. The molecule has 2 nitrogen and oxygen atoms in total. The Morgan fingerprint density at radius 2 is 0.592 bits per heavy atom. The summed E-state index contributed by atoms with van der Waals surface area (Å²) in [7, 11) is 0. The highest BCUT2D eigenvalue weighted by atomic mass is 15.1. The van der Waals surface area contributed by atoms with E-state index in [4.69, 9.17) is 0 Å². The lowest BCUT2D eigenvalue weighted by Gasteiger charge is -2.28. The molecule has 0 heterocycles. The number of para-hydroxylation sites is 4. The zero-order valence-electron chi connectivity index (χ0n) is 43.3. The number of nitrogens with zero attached hydrogens (tertiary/aromatic N) is 2. The van der Waals surface area contributed by atoms with Crippen LogP contribution in [-0.4, -0.2) is 0 Å². The van der Waals surface area contributed by atoms with Crippen molar-refractivity contribution in [1.82, 2.24) is 0 Å². The molecule has 0 spiro atoms. The van der Waals surface area contributed by atoms with E-state index in [1.807, 2.05) is 0 Å². The third-order valence-electron chi connectivity index (χ3n) is 16.6. The molecular weight excluding hydrogens is 917 g/mol. The molecule has 14 rings (SSSR count). The van der Waals surface area contributed by atoms with Crippen LogP contribution in [0.2, 0.25) is 0 Å². The van der Waals surface area contributed by atoms with Gasteiger partial charge in [0.15, 0.2) is 0 Å². The molecule has 0 N–H and O–H groups in total. The van der Waals surface area contributed by atoms with Crippen molar-refractivity contribution < 1.29 is 0 Å². The van der Waals surface area contributed by atoms with Gasteiger partial charge in [-0.1, -0.05) is 222 Å². The Morgan fingerprint density at radius 3 is 0.947 bits per heavy atom. The maximum Gasteiger partial charge on any atom is 0.0465 e. The molecule has 2 aliphatic carbocycles. The van der Waals surface area contributed by atoms with E-state index in [-0.39, 0.29) is 10.8 Å². The highest BCUT2D eigenvalue weighted by Crippen LogP contribution is 2.53. The molecule has 12 aromatic carbocycles. The third-order valence-corrected chi connectivity index (χ3v) is 16.6. The Balaban J connectivity index is 0.755. The number of rotatable bonds is 10. The molecule has 0 saturated carbocycles. The van der Waals surface area contributed by atoms with Crippen LogP contribution in [-0.2, 0) is 10.8 Å². The van der Waals surface area contributed by atoms with Crippen LogP contribution in [0.1, 0.15) is 72.2 Å². The maximum atomic E-state index is 2.41. The average molecular weight is 973 g/mol. The van der Waals surface area contributed by atoms with Gasteiger partial charge in [0.2, 0.25) is 0 Å². The Bertz CT molecular complexity index is 3900. The molecule has 76 heavy (non-hydrogen) atoms. The van der Waals surface area contributed by atoms with Gasteiger partial charge in [0, 0.05) is 45.0 Å². The van der Waals surface area contributed by atoms with Crippen molar-refractivity contribution >= 4 is 90.7 Å². The second-order valence-corrected chi connectivity index (χ2v) is 21.7. The summed E-state index contributed by atoms with van der Waals surface area (Å²) < 4.78 is 0. The normalized spacial score (nSPS) is 13.9. The molecule has 2 heteroatoms. The summed E-state index contributed by atoms with van der Waals surface area (Å²) in [5.41, 5.74) is 22.1. The first-order chi connectivity index (χ1) is 37.2. The van der Waals surface area contributed by atoms with E-state index in [0.717, 1.165) is 34.1 Å². The van der Waals surface area contributed by atoms with Gasteiger partial charge < -0.3 is 9.80 Å². The number of fused-ring (bicyclic) bond motifs is 6. The van der Waals surface area contributed by atoms with Crippen LogP contribution < -0.4 is 9.80 Å². The summed E-state index contributed by atoms with van der Waals surface area (Å²) in [6, 6.07) is 89.2. The highest BCUT2D eigenvalue weighted by Gasteiger charge is 2.37. The van der Waals surface area contributed by atoms with Crippen molar-refractivity contribution in [3.05, 3.63) is 287 Å². The fourth-order valence-corrected chi connectivity index (χ4v) is 12.7. The molecule has 0 aliphatic heterocycles. The summed E-state index contributed by atoms with van der Waals surface area (Å²) >= 11 is 0. The van der Waals surface area contributed by atoms with Crippen molar-refractivity contribution in [2.75, 3.05) is 9.80 Å². The van der Waals surface area contributed by atoms with Gasteiger partial charge in [0.25, 0.3) is 0 Å². The Hall–Kier alpha value is -9.24. The van der Waals surface area contributed by atoms with Crippen LogP contribution in [0.4, 0.5) is 34.1 Å². The first-order valence-corrected chi connectivity index (χ1v) is 26.7. The van der Waals surface area contributed by atoms with Crippen LogP contribution in [0.25, 0.3) is 78.9 Å². The Labute approximate surface area is 446 Å². The van der Waals surface area contributed by atoms with E-state index in [0.29, 0.717) is 0 Å². The van der Waals surface area contributed by atoms with Crippen molar-refractivity contribution in [3.8, 4) is 22.3 Å². The van der Waals surface area contributed by atoms with E-state index in [9.17, 15) is 0 Å². The fraction of sp³-hybridized carbons (Fsp3) is 0.0811. The number of anilines is 6. The lowest BCUT2D eigenvalue weighted by molar-refractivity contribution is 0.660. The van der Waals surface area contributed by atoms with E-state index in [1.54, 1.807) is 0 Å². The minimum atomic E-state index is -0.176. The van der Waals surface area contributed by atoms with E-state index < -0.39 is 0 Å². The van der Waals surface area contributed by atoms with Crippen LogP contribution in [0.3, 0.4) is 0 Å². The summed E-state index contributed by atoms with van der Waals surface area (Å²) in [6.45, 7) is 9.51. The van der Waals surface area contributed by atoms with Crippen LogP contribution in [0.15, 0.2) is 243 Å². The molecule has 12 aromatic rings. The number of benzene rings is 12. The van der Waals surface area contributed by atoms with Crippen LogP contribution in [0.5, 0.6) is 0 Å². The second-order valence-electron chi connectivity index (χ2n) is 21.7. The molecule has 2 aliphatic rings. The Kier molecular flexibility index (Phi) is 10.6. The van der Waals surface area contributed by atoms with Gasteiger partial charge in [-0.05, 0) is 172 Å². The van der Waals surface area contributed by atoms with Crippen molar-refractivity contribution in [1.29, 1.82) is 0 Å². The monoisotopic (exact) mass is 972 g/mol. The topological polar surface area (TPSA) is 6.48 Å². The first kappa shape index (κ1) is 45.4. The van der Waals surface area contributed by atoms with Gasteiger partial charge in [-0.2, -0.15) is 0 Å². The zero-order valence-corrected chi connectivity index (χ0v) is 43.3. The molecule has 0 aromatic heterocycles. The van der Waals surface area contributed by atoms with Crippen LogP contribution >= 0.6 is 0 Å². The van der Waals surface area contributed by atoms with E-state index in [2.05, 4.69) is 304 Å². The lowest BCUT2D eigenvalue weighted by atomic mass is 9.81. The molecule has 0 atom stereocenters. The lowest BCUT2D eigenvalue weighted by Crippen LogP contribution is -2.16. The van der Waals surface area contributed by atoms with Crippen LogP contribution in [0, 0.1) is 0 Å². The molecule has 0 unspecified atom stereocenters. The summed E-state index contributed by atoms with van der Waals surface area (Å²) in [6.07, 6.45) is 9.24. The summed E-state index contributed by atoms with van der Waals surface area (Å²) in [5.74, 6) is 0. The van der Waals surface area contributed by atoms with Crippen molar-refractivity contribution in [2.24, 2.45) is 0 Å². The van der Waals surface area contributed by atoms with Crippen molar-refractivity contribution in [2.45, 2.75) is 38.5 Å². The van der Waals surface area contributed by atoms with Gasteiger partial charge in [0.05, 0.1) is 0 Å².